The number of hydrogen-bond acceptors (Lipinski definition) is 5. The lowest BCUT2D eigenvalue weighted by atomic mass is 10.2. The topological polar surface area (TPSA) is 63.7 Å². The number of nitrogens with zero attached hydrogens (tertiary/aromatic N) is 2. The second-order valence-electron chi connectivity index (χ2n) is 5.65. The summed E-state index contributed by atoms with van der Waals surface area (Å²) in [4.78, 5) is 18.7. The summed E-state index contributed by atoms with van der Waals surface area (Å²) in [6.45, 7) is 3.31. The fraction of sp³-hybridized carbons (Fsp3) is 0.333. The minimum atomic E-state index is -0.561. The molecule has 6 nitrogen and oxygen atoms in total. The lowest BCUT2D eigenvalue weighted by Gasteiger charge is -2.28. The van der Waals surface area contributed by atoms with Gasteiger partial charge in [-0.1, -0.05) is 0 Å². The number of rotatable bonds is 5. The minimum Gasteiger partial charge on any atom is -0.494 e. The Morgan fingerprint density at radius 1 is 1.32 bits per heavy atom. The second-order valence-corrected chi connectivity index (χ2v) is 5.65. The maximum absolute atomic E-state index is 13.7. The van der Waals surface area contributed by atoms with Gasteiger partial charge in [-0.15, -0.1) is 0 Å². The lowest BCUT2D eigenvalue weighted by Crippen LogP contribution is -2.36. The van der Waals surface area contributed by atoms with E-state index in [4.69, 9.17) is 9.47 Å². The van der Waals surface area contributed by atoms with Gasteiger partial charge in [0.25, 0.3) is 5.91 Å². The highest BCUT2D eigenvalue weighted by Crippen LogP contribution is 2.18. The van der Waals surface area contributed by atoms with Crippen LogP contribution in [0.2, 0.25) is 0 Å². The van der Waals surface area contributed by atoms with Crippen LogP contribution in [-0.2, 0) is 11.3 Å². The Bertz CT molecular complexity index is 748. The van der Waals surface area contributed by atoms with Gasteiger partial charge in [0.1, 0.15) is 5.82 Å². The second kappa shape index (κ2) is 7.94. The fourth-order valence-corrected chi connectivity index (χ4v) is 2.63. The number of ether oxygens (including phenoxy) is 2. The normalized spacial score (nSPS) is 14.2. The number of carbonyl (C=O) groups is 1. The highest BCUT2D eigenvalue weighted by molar-refractivity contribution is 5.94. The molecule has 0 radical (unpaired) electrons. The molecule has 1 aromatic carbocycles. The first-order chi connectivity index (χ1) is 12.2. The minimum absolute atomic E-state index is 0.112. The van der Waals surface area contributed by atoms with Crippen molar-refractivity contribution >= 4 is 11.7 Å². The molecule has 1 aromatic heterocycles. The van der Waals surface area contributed by atoms with Crippen LogP contribution in [0.1, 0.15) is 15.9 Å². The summed E-state index contributed by atoms with van der Waals surface area (Å²) >= 11 is 0. The van der Waals surface area contributed by atoms with Crippen LogP contribution in [0, 0.1) is 5.82 Å². The van der Waals surface area contributed by atoms with Crippen molar-refractivity contribution in [2.45, 2.75) is 6.54 Å². The van der Waals surface area contributed by atoms with Crippen LogP contribution in [0.15, 0.2) is 36.5 Å². The van der Waals surface area contributed by atoms with Gasteiger partial charge in [0.15, 0.2) is 11.6 Å². The van der Waals surface area contributed by atoms with E-state index in [1.54, 1.807) is 6.20 Å². The molecule has 1 saturated heterocycles. The van der Waals surface area contributed by atoms with Crippen LogP contribution in [0.3, 0.4) is 0 Å². The van der Waals surface area contributed by atoms with Gasteiger partial charge in [-0.25, -0.2) is 9.37 Å². The summed E-state index contributed by atoms with van der Waals surface area (Å²) in [5, 5.41) is 2.79. The number of morpholine rings is 1. The van der Waals surface area contributed by atoms with Gasteiger partial charge in [-0.05, 0) is 35.9 Å². The number of benzene rings is 1. The zero-order valence-electron chi connectivity index (χ0n) is 14.0. The van der Waals surface area contributed by atoms with Crippen LogP contribution in [-0.4, -0.2) is 44.3 Å². The third-order valence-electron chi connectivity index (χ3n) is 4.01. The summed E-state index contributed by atoms with van der Waals surface area (Å²) in [6, 6.07) is 7.93. The smallest absolute Gasteiger partial charge is 0.251 e. The van der Waals surface area contributed by atoms with Crippen LogP contribution in [0.25, 0.3) is 0 Å². The van der Waals surface area contributed by atoms with Crippen LogP contribution in [0.5, 0.6) is 5.75 Å². The number of halogens is 1. The third kappa shape index (κ3) is 4.24. The standard InChI is InChI=1S/C18H20FN3O3/c1-24-16-3-2-14(11-15(16)19)18(23)21-12-13-4-5-20-17(10-13)22-6-8-25-9-7-22/h2-5,10-11H,6-9,12H2,1H3,(H,21,23). The number of amides is 1. The molecule has 3 rings (SSSR count). The summed E-state index contributed by atoms with van der Waals surface area (Å²) in [6.07, 6.45) is 1.72. The van der Waals surface area contributed by atoms with Crippen molar-refractivity contribution in [3.05, 3.63) is 53.5 Å². The lowest BCUT2D eigenvalue weighted by molar-refractivity contribution is 0.0950. The maximum Gasteiger partial charge on any atom is 0.251 e. The summed E-state index contributed by atoms with van der Waals surface area (Å²) in [5.41, 5.74) is 1.18. The van der Waals surface area contributed by atoms with Gasteiger partial charge in [0, 0.05) is 31.4 Å². The van der Waals surface area contributed by atoms with Gasteiger partial charge >= 0.3 is 0 Å². The van der Waals surface area contributed by atoms with E-state index < -0.39 is 5.82 Å². The van der Waals surface area contributed by atoms with Gasteiger partial charge in [-0.3, -0.25) is 4.79 Å². The first-order valence-corrected chi connectivity index (χ1v) is 8.07. The number of methoxy groups -OCH3 is 1. The highest BCUT2D eigenvalue weighted by atomic mass is 19.1. The number of hydrogen-bond donors (Lipinski definition) is 1. The molecule has 7 heteroatoms. The molecule has 2 aromatic rings. The van der Waals surface area contributed by atoms with E-state index >= 15 is 0 Å². The van der Waals surface area contributed by atoms with E-state index in [0.717, 1.165) is 24.5 Å². The molecule has 2 heterocycles. The molecule has 1 amide bonds. The maximum atomic E-state index is 13.7. The summed E-state index contributed by atoms with van der Waals surface area (Å²) < 4.78 is 23.9. The Kier molecular flexibility index (Phi) is 5.45. The largest absolute Gasteiger partial charge is 0.494 e. The molecule has 1 aliphatic rings. The number of aromatic nitrogens is 1. The Balaban J connectivity index is 1.63. The molecule has 0 spiro atoms. The van der Waals surface area contributed by atoms with Crippen molar-refractivity contribution in [3.63, 3.8) is 0 Å². The fourth-order valence-electron chi connectivity index (χ4n) is 2.63. The number of nitrogens with one attached hydrogen (secondary N) is 1. The van der Waals surface area contributed by atoms with E-state index in [1.165, 1.54) is 25.3 Å². The molecule has 25 heavy (non-hydrogen) atoms. The third-order valence-corrected chi connectivity index (χ3v) is 4.01. The summed E-state index contributed by atoms with van der Waals surface area (Å²) in [5.74, 6) is 0.0753. The molecule has 1 N–H and O–H groups in total. The van der Waals surface area contributed by atoms with Crippen molar-refractivity contribution in [1.29, 1.82) is 0 Å². The molecule has 1 fully saturated rings. The van der Waals surface area contributed by atoms with Crippen molar-refractivity contribution in [2.75, 3.05) is 38.3 Å². The van der Waals surface area contributed by atoms with E-state index in [2.05, 4.69) is 15.2 Å². The van der Waals surface area contributed by atoms with E-state index in [-0.39, 0.29) is 17.2 Å². The van der Waals surface area contributed by atoms with Crippen molar-refractivity contribution in [1.82, 2.24) is 10.3 Å². The van der Waals surface area contributed by atoms with Crippen LogP contribution >= 0.6 is 0 Å². The molecule has 0 aliphatic carbocycles. The quantitative estimate of drug-likeness (QED) is 0.898. The first kappa shape index (κ1) is 17.2. The van der Waals surface area contributed by atoms with E-state index in [0.29, 0.717) is 19.8 Å². The number of anilines is 1. The molecule has 0 bridgehead atoms. The zero-order chi connectivity index (χ0) is 17.6. The predicted molar refractivity (Wildman–Crippen MR) is 91.4 cm³/mol. The number of carbonyl (C=O) groups excluding carboxylic acids is 1. The monoisotopic (exact) mass is 345 g/mol. The highest BCUT2D eigenvalue weighted by Gasteiger charge is 2.13. The SMILES string of the molecule is COc1ccc(C(=O)NCc2ccnc(N3CCOCC3)c2)cc1F. The van der Waals surface area contributed by atoms with E-state index in [9.17, 15) is 9.18 Å². The molecule has 132 valence electrons. The van der Waals surface area contributed by atoms with Crippen LogP contribution < -0.4 is 15.0 Å². The van der Waals surface area contributed by atoms with Gasteiger partial charge in [-0.2, -0.15) is 0 Å². The van der Waals surface area contributed by atoms with Crippen molar-refractivity contribution < 1.29 is 18.7 Å². The van der Waals surface area contributed by atoms with Gasteiger partial charge in [0.2, 0.25) is 0 Å². The average molecular weight is 345 g/mol. The Hall–Kier alpha value is -2.67. The molecule has 0 atom stereocenters. The van der Waals surface area contributed by atoms with E-state index in [1.807, 2.05) is 12.1 Å². The average Bonchev–Trinajstić information content (AvgIpc) is 2.67. The zero-order valence-corrected chi connectivity index (χ0v) is 14.0. The molecular weight excluding hydrogens is 325 g/mol. The molecule has 1 aliphatic heterocycles. The molecule has 0 saturated carbocycles. The molecule has 0 unspecified atom stereocenters. The number of pyridine rings is 1. The van der Waals surface area contributed by atoms with Crippen molar-refractivity contribution in [3.8, 4) is 5.75 Å². The summed E-state index contributed by atoms with van der Waals surface area (Å²) in [7, 11) is 1.38. The van der Waals surface area contributed by atoms with Gasteiger partial charge in [0.05, 0.1) is 20.3 Å². The predicted octanol–water partition coefficient (Wildman–Crippen LogP) is 2.00. The molecular formula is C18H20FN3O3. The first-order valence-electron chi connectivity index (χ1n) is 8.07. The Morgan fingerprint density at radius 2 is 2.12 bits per heavy atom. The van der Waals surface area contributed by atoms with Crippen LogP contribution in [0.4, 0.5) is 10.2 Å². The Labute approximate surface area is 145 Å². The Morgan fingerprint density at radius 3 is 2.84 bits per heavy atom. The van der Waals surface area contributed by atoms with Gasteiger partial charge < -0.3 is 19.7 Å². The van der Waals surface area contributed by atoms with Crippen molar-refractivity contribution in [2.24, 2.45) is 0 Å².